The fourth-order valence-corrected chi connectivity index (χ4v) is 1.92. The topological polar surface area (TPSA) is 29.3 Å². The Labute approximate surface area is 102 Å². The van der Waals surface area contributed by atoms with Crippen LogP contribution < -0.4 is 5.73 Å². The van der Waals surface area contributed by atoms with Crippen molar-refractivity contribution in [3.05, 3.63) is 0 Å². The minimum absolute atomic E-state index is 0.175. The Balaban J connectivity index is 2.28. The summed E-state index contributed by atoms with van der Waals surface area (Å²) < 4.78 is 0. The van der Waals surface area contributed by atoms with Crippen molar-refractivity contribution in [2.75, 3.05) is 19.6 Å². The molecule has 0 spiro atoms. The van der Waals surface area contributed by atoms with Gasteiger partial charge in [0.15, 0.2) is 0 Å². The average molecular weight is 226 g/mol. The Hall–Kier alpha value is -0.0800. The molecular weight excluding hydrogens is 196 g/mol. The summed E-state index contributed by atoms with van der Waals surface area (Å²) in [4.78, 5) is 2.59. The van der Waals surface area contributed by atoms with E-state index < -0.39 is 0 Å². The maximum Gasteiger partial charge on any atom is 0.0284 e. The van der Waals surface area contributed by atoms with Crippen molar-refractivity contribution in [3.63, 3.8) is 0 Å². The number of hydrogen-bond acceptors (Lipinski definition) is 2. The van der Waals surface area contributed by atoms with Crippen LogP contribution in [0.1, 0.15) is 53.4 Å². The molecule has 0 aromatic carbocycles. The summed E-state index contributed by atoms with van der Waals surface area (Å²) in [5, 5.41) is 0. The highest BCUT2D eigenvalue weighted by Gasteiger charge is 2.39. The zero-order valence-corrected chi connectivity index (χ0v) is 11.6. The maximum atomic E-state index is 6.22. The van der Waals surface area contributed by atoms with Gasteiger partial charge in [0.2, 0.25) is 0 Å². The van der Waals surface area contributed by atoms with Crippen molar-refractivity contribution >= 4 is 0 Å². The SMILES string of the molecule is CC(C)CCN(CCC(C)C)CC1(N)CC1. The van der Waals surface area contributed by atoms with Gasteiger partial charge in [0.1, 0.15) is 0 Å². The van der Waals surface area contributed by atoms with Crippen LogP contribution in [-0.2, 0) is 0 Å². The fourth-order valence-electron chi connectivity index (χ4n) is 1.92. The van der Waals surface area contributed by atoms with E-state index >= 15 is 0 Å². The van der Waals surface area contributed by atoms with Crippen LogP contribution in [0.5, 0.6) is 0 Å². The summed E-state index contributed by atoms with van der Waals surface area (Å²) in [6, 6.07) is 0. The molecule has 1 aliphatic carbocycles. The lowest BCUT2D eigenvalue weighted by atomic mass is 10.1. The molecule has 0 bridgehead atoms. The predicted molar refractivity (Wildman–Crippen MR) is 71.5 cm³/mol. The van der Waals surface area contributed by atoms with E-state index in [-0.39, 0.29) is 5.54 Å². The van der Waals surface area contributed by atoms with Crippen LogP contribution in [0.25, 0.3) is 0 Å². The molecule has 0 aromatic heterocycles. The first-order valence-corrected chi connectivity index (χ1v) is 6.92. The van der Waals surface area contributed by atoms with Crippen LogP contribution in [-0.4, -0.2) is 30.1 Å². The van der Waals surface area contributed by atoms with Gasteiger partial charge < -0.3 is 10.6 Å². The van der Waals surface area contributed by atoms with Crippen LogP contribution >= 0.6 is 0 Å². The van der Waals surface area contributed by atoms with Gasteiger partial charge in [0, 0.05) is 12.1 Å². The van der Waals surface area contributed by atoms with Gasteiger partial charge in [-0.05, 0) is 50.6 Å². The molecular formula is C14H30N2. The van der Waals surface area contributed by atoms with Crippen LogP contribution in [0.4, 0.5) is 0 Å². The van der Waals surface area contributed by atoms with Gasteiger partial charge in [-0.15, -0.1) is 0 Å². The monoisotopic (exact) mass is 226 g/mol. The minimum atomic E-state index is 0.175. The van der Waals surface area contributed by atoms with Crippen molar-refractivity contribution < 1.29 is 0 Å². The van der Waals surface area contributed by atoms with Crippen LogP contribution in [0.2, 0.25) is 0 Å². The van der Waals surface area contributed by atoms with E-state index in [4.69, 9.17) is 5.73 Å². The van der Waals surface area contributed by atoms with Gasteiger partial charge in [0.25, 0.3) is 0 Å². The molecule has 1 aliphatic rings. The highest BCUT2D eigenvalue weighted by molar-refractivity contribution is 5.01. The van der Waals surface area contributed by atoms with Crippen LogP contribution in [0.3, 0.4) is 0 Å². The highest BCUT2D eigenvalue weighted by Crippen LogP contribution is 2.33. The van der Waals surface area contributed by atoms with Crippen molar-refractivity contribution in [2.24, 2.45) is 17.6 Å². The predicted octanol–water partition coefficient (Wildman–Crippen LogP) is 2.87. The Kier molecular flexibility index (Phi) is 5.26. The zero-order valence-electron chi connectivity index (χ0n) is 11.6. The average Bonchev–Trinajstić information content (AvgIpc) is 2.88. The molecule has 1 saturated carbocycles. The molecule has 0 unspecified atom stereocenters. The third-order valence-corrected chi connectivity index (χ3v) is 3.48. The summed E-state index contributed by atoms with van der Waals surface area (Å²) in [5.74, 6) is 1.60. The fraction of sp³-hybridized carbons (Fsp3) is 1.00. The number of nitrogens with two attached hydrogens (primary N) is 1. The lowest BCUT2D eigenvalue weighted by Crippen LogP contribution is -2.40. The van der Waals surface area contributed by atoms with E-state index in [1.165, 1.54) is 38.8 Å². The van der Waals surface area contributed by atoms with Crippen molar-refractivity contribution in [1.29, 1.82) is 0 Å². The summed E-state index contributed by atoms with van der Waals surface area (Å²) in [5.41, 5.74) is 6.39. The first-order valence-electron chi connectivity index (χ1n) is 6.92. The van der Waals surface area contributed by atoms with E-state index in [0.717, 1.165) is 18.4 Å². The molecule has 2 nitrogen and oxygen atoms in total. The summed E-state index contributed by atoms with van der Waals surface area (Å²) >= 11 is 0. The molecule has 2 N–H and O–H groups in total. The van der Waals surface area contributed by atoms with Gasteiger partial charge in [-0.3, -0.25) is 0 Å². The molecule has 0 heterocycles. The number of nitrogens with zero attached hydrogens (tertiary/aromatic N) is 1. The zero-order chi connectivity index (χ0) is 12.2. The number of rotatable bonds is 8. The Morgan fingerprint density at radius 3 is 1.75 bits per heavy atom. The molecule has 0 radical (unpaired) electrons. The van der Waals surface area contributed by atoms with E-state index in [0.29, 0.717) is 0 Å². The second kappa shape index (κ2) is 6.02. The summed E-state index contributed by atoms with van der Waals surface area (Å²) in [6.07, 6.45) is 5.06. The molecule has 0 atom stereocenters. The van der Waals surface area contributed by atoms with Crippen molar-refractivity contribution in [2.45, 2.75) is 58.9 Å². The lowest BCUT2D eigenvalue weighted by Gasteiger charge is -2.27. The molecule has 1 fully saturated rings. The second-order valence-corrected chi connectivity index (χ2v) is 6.50. The standard InChI is InChI=1S/C14H30N2/c1-12(2)5-9-16(10-6-13(3)4)11-14(15)7-8-14/h12-13H,5-11,15H2,1-4H3. The van der Waals surface area contributed by atoms with Crippen molar-refractivity contribution in [1.82, 2.24) is 4.90 Å². The molecule has 0 aromatic rings. The molecule has 0 aliphatic heterocycles. The highest BCUT2D eigenvalue weighted by atomic mass is 15.2. The largest absolute Gasteiger partial charge is 0.324 e. The maximum absolute atomic E-state index is 6.22. The van der Waals surface area contributed by atoms with E-state index in [9.17, 15) is 0 Å². The smallest absolute Gasteiger partial charge is 0.0284 e. The quantitative estimate of drug-likeness (QED) is 0.689. The van der Waals surface area contributed by atoms with Crippen molar-refractivity contribution in [3.8, 4) is 0 Å². The summed E-state index contributed by atoms with van der Waals surface area (Å²) in [6.45, 7) is 12.8. The molecule has 16 heavy (non-hydrogen) atoms. The summed E-state index contributed by atoms with van der Waals surface area (Å²) in [7, 11) is 0. The lowest BCUT2D eigenvalue weighted by molar-refractivity contribution is 0.224. The normalized spacial score (nSPS) is 18.8. The van der Waals surface area contributed by atoms with Gasteiger partial charge in [-0.1, -0.05) is 27.7 Å². The third kappa shape index (κ3) is 5.86. The first-order chi connectivity index (χ1) is 7.41. The first kappa shape index (κ1) is 14.0. The Morgan fingerprint density at radius 1 is 1.00 bits per heavy atom. The van der Waals surface area contributed by atoms with Crippen LogP contribution in [0, 0.1) is 11.8 Å². The Morgan fingerprint density at radius 2 is 1.44 bits per heavy atom. The van der Waals surface area contributed by atoms with Gasteiger partial charge >= 0.3 is 0 Å². The molecule has 96 valence electrons. The molecule has 0 amide bonds. The molecule has 0 saturated heterocycles. The number of hydrogen-bond donors (Lipinski definition) is 1. The third-order valence-electron chi connectivity index (χ3n) is 3.48. The van der Waals surface area contributed by atoms with E-state index in [2.05, 4.69) is 32.6 Å². The minimum Gasteiger partial charge on any atom is -0.324 e. The van der Waals surface area contributed by atoms with Gasteiger partial charge in [0.05, 0.1) is 0 Å². The molecule has 1 rings (SSSR count). The molecule has 2 heteroatoms. The Bertz CT molecular complexity index is 183. The van der Waals surface area contributed by atoms with Crippen LogP contribution in [0.15, 0.2) is 0 Å². The van der Waals surface area contributed by atoms with E-state index in [1.54, 1.807) is 0 Å². The van der Waals surface area contributed by atoms with Gasteiger partial charge in [-0.2, -0.15) is 0 Å². The van der Waals surface area contributed by atoms with E-state index in [1.807, 2.05) is 0 Å². The van der Waals surface area contributed by atoms with Gasteiger partial charge in [-0.25, -0.2) is 0 Å². The second-order valence-electron chi connectivity index (χ2n) is 6.50.